The van der Waals surface area contributed by atoms with E-state index < -0.39 is 5.60 Å². The molecule has 0 aliphatic carbocycles. The molecule has 6 rings (SSSR count). The van der Waals surface area contributed by atoms with Gasteiger partial charge in [0, 0.05) is 36.6 Å². The van der Waals surface area contributed by atoms with Gasteiger partial charge in [0.1, 0.15) is 17.2 Å². The Morgan fingerprint density at radius 1 is 1.00 bits per heavy atom. The van der Waals surface area contributed by atoms with Crippen molar-refractivity contribution in [2.24, 2.45) is 0 Å². The van der Waals surface area contributed by atoms with Gasteiger partial charge in [-0.3, -0.25) is 4.90 Å². The molecular weight excluding hydrogens is 536 g/mol. The van der Waals surface area contributed by atoms with Crippen molar-refractivity contribution in [3.8, 4) is 5.75 Å². The number of aryl methyl sites for hydroxylation is 1. The van der Waals surface area contributed by atoms with E-state index in [1.165, 1.54) is 36.8 Å². The summed E-state index contributed by atoms with van der Waals surface area (Å²) in [5, 5.41) is 0. The van der Waals surface area contributed by atoms with Crippen LogP contribution in [0.3, 0.4) is 0 Å². The van der Waals surface area contributed by atoms with Gasteiger partial charge in [-0.15, -0.1) is 0 Å². The van der Waals surface area contributed by atoms with Gasteiger partial charge in [-0.2, -0.15) is 0 Å². The molecule has 0 spiro atoms. The fraction of sp³-hybridized carbons (Fsp3) is 0.611. The number of fused-ring (bicyclic) bond motifs is 3. The third-order valence-electron chi connectivity index (χ3n) is 10.0. The van der Waals surface area contributed by atoms with Gasteiger partial charge in [0.15, 0.2) is 0 Å². The maximum atomic E-state index is 12.9. The van der Waals surface area contributed by atoms with Gasteiger partial charge in [-0.1, -0.05) is 24.3 Å². The Balaban J connectivity index is 1.19. The number of piperidine rings is 2. The number of nitrogens with zero attached hydrogens (tertiary/aromatic N) is 4. The molecule has 7 nitrogen and oxygen atoms in total. The lowest BCUT2D eigenvalue weighted by molar-refractivity contribution is 0.0143. The number of hydrogen-bond donors (Lipinski definition) is 0. The predicted octanol–water partition coefficient (Wildman–Crippen LogP) is 7.66. The summed E-state index contributed by atoms with van der Waals surface area (Å²) in [6.07, 6.45) is 7.84. The molecule has 4 heterocycles. The van der Waals surface area contributed by atoms with E-state index in [2.05, 4.69) is 78.8 Å². The highest BCUT2D eigenvalue weighted by Gasteiger charge is 2.44. The Morgan fingerprint density at radius 3 is 2.37 bits per heavy atom. The van der Waals surface area contributed by atoms with Gasteiger partial charge in [0.05, 0.1) is 17.1 Å². The predicted molar refractivity (Wildman–Crippen MR) is 172 cm³/mol. The lowest BCUT2D eigenvalue weighted by Gasteiger charge is -2.45. The lowest BCUT2D eigenvalue weighted by Crippen LogP contribution is -2.49. The molecule has 3 atom stereocenters. The number of benzene rings is 2. The van der Waals surface area contributed by atoms with Gasteiger partial charge in [-0.25, -0.2) is 9.78 Å². The summed E-state index contributed by atoms with van der Waals surface area (Å²) in [7, 11) is 0. The van der Waals surface area contributed by atoms with Crippen molar-refractivity contribution >= 4 is 17.1 Å². The second-order valence-electron chi connectivity index (χ2n) is 14.5. The van der Waals surface area contributed by atoms with Crippen molar-refractivity contribution in [2.45, 2.75) is 122 Å². The highest BCUT2D eigenvalue weighted by molar-refractivity contribution is 5.76. The van der Waals surface area contributed by atoms with Crippen molar-refractivity contribution in [3.63, 3.8) is 0 Å². The topological polar surface area (TPSA) is 59.8 Å². The summed E-state index contributed by atoms with van der Waals surface area (Å²) in [5.74, 6) is 2.07. The first-order chi connectivity index (χ1) is 20.5. The first kappa shape index (κ1) is 30.0. The van der Waals surface area contributed by atoms with Crippen molar-refractivity contribution in [1.82, 2.24) is 19.4 Å². The van der Waals surface area contributed by atoms with Crippen LogP contribution in [0.4, 0.5) is 4.79 Å². The third-order valence-corrected chi connectivity index (χ3v) is 10.0. The number of rotatable bonds is 7. The number of aromatic nitrogens is 2. The average molecular weight is 587 g/mol. The first-order valence-corrected chi connectivity index (χ1v) is 16.5. The van der Waals surface area contributed by atoms with Crippen LogP contribution < -0.4 is 4.74 Å². The van der Waals surface area contributed by atoms with Gasteiger partial charge in [0.2, 0.25) is 0 Å². The fourth-order valence-electron chi connectivity index (χ4n) is 8.09. The number of carbonyl (C=O) groups is 1. The smallest absolute Gasteiger partial charge is 0.410 e. The minimum atomic E-state index is -0.485. The first-order valence-electron chi connectivity index (χ1n) is 16.5. The molecule has 7 heteroatoms. The minimum absolute atomic E-state index is 0.00227. The Morgan fingerprint density at radius 2 is 1.70 bits per heavy atom. The Hall–Kier alpha value is -3.06. The van der Waals surface area contributed by atoms with Crippen LogP contribution >= 0.6 is 0 Å². The molecule has 1 unspecified atom stereocenters. The molecule has 3 saturated heterocycles. The summed E-state index contributed by atoms with van der Waals surface area (Å²) in [6, 6.07) is 19.1. The number of imidazole rings is 1. The lowest BCUT2D eigenvalue weighted by atomic mass is 9.70. The van der Waals surface area contributed by atoms with Crippen LogP contribution in [-0.4, -0.2) is 68.9 Å². The molecule has 0 radical (unpaired) electrons. The van der Waals surface area contributed by atoms with Gasteiger partial charge in [0.25, 0.3) is 0 Å². The SMILES string of the molecule is Cc1nc2ccccc2n1C1C[C@H]2CC[C@@H](C1)N2CCC1(c2cccc(OC(C)C)c2)CCN(C(=O)OC(C)(C)C)CC1. The molecule has 3 aliphatic heterocycles. The molecule has 43 heavy (non-hydrogen) atoms. The van der Waals surface area contributed by atoms with Gasteiger partial charge < -0.3 is 18.9 Å². The number of ether oxygens (including phenoxy) is 2. The zero-order chi connectivity index (χ0) is 30.4. The Kier molecular flexibility index (Phi) is 8.22. The van der Waals surface area contributed by atoms with Crippen molar-refractivity contribution in [1.29, 1.82) is 0 Å². The number of hydrogen-bond acceptors (Lipinski definition) is 5. The number of para-hydroxylation sites is 2. The molecule has 3 aromatic rings. The van der Waals surface area contributed by atoms with E-state index in [1.54, 1.807) is 0 Å². The highest BCUT2D eigenvalue weighted by Crippen LogP contribution is 2.45. The summed E-state index contributed by atoms with van der Waals surface area (Å²) in [6.45, 7) is 14.7. The van der Waals surface area contributed by atoms with E-state index in [0.717, 1.165) is 42.9 Å². The Labute approximate surface area is 257 Å². The molecule has 3 aliphatic rings. The van der Waals surface area contributed by atoms with E-state index in [4.69, 9.17) is 14.5 Å². The van der Waals surface area contributed by atoms with Crippen molar-refractivity contribution in [3.05, 3.63) is 59.9 Å². The van der Waals surface area contributed by atoms with Crippen LogP contribution in [0.25, 0.3) is 11.0 Å². The standard InChI is InChI=1S/C36H50N4O3/c1-25(2)42-31-11-9-10-27(22-31)36(16-19-38(20-17-36)34(41)43-35(4,5)6)18-21-39-28-14-15-29(39)24-30(23-28)40-26(3)37-32-12-7-8-13-33(32)40/h7-13,22,25,28-30H,14-21,23-24H2,1-6H3/t28-,29+,30?. The molecule has 2 bridgehead atoms. The minimum Gasteiger partial charge on any atom is -0.491 e. The number of carbonyl (C=O) groups excluding carboxylic acids is 1. The van der Waals surface area contributed by atoms with Crippen LogP contribution in [0, 0.1) is 6.92 Å². The molecule has 1 amide bonds. The van der Waals surface area contributed by atoms with Gasteiger partial charge in [-0.05, 0) is 123 Å². The van der Waals surface area contributed by atoms with Gasteiger partial charge >= 0.3 is 6.09 Å². The van der Waals surface area contributed by atoms with E-state index >= 15 is 0 Å². The van der Waals surface area contributed by atoms with E-state index in [1.807, 2.05) is 25.7 Å². The Bertz CT molecular complexity index is 1420. The summed E-state index contributed by atoms with van der Waals surface area (Å²) >= 11 is 0. The fourth-order valence-corrected chi connectivity index (χ4v) is 8.09. The van der Waals surface area contributed by atoms with Crippen LogP contribution in [0.2, 0.25) is 0 Å². The molecule has 1 aromatic heterocycles. The van der Waals surface area contributed by atoms with Crippen LogP contribution in [0.1, 0.15) is 97.0 Å². The average Bonchev–Trinajstić information content (AvgIpc) is 3.41. The zero-order valence-corrected chi connectivity index (χ0v) is 27.0. The third kappa shape index (κ3) is 6.29. The van der Waals surface area contributed by atoms with E-state index in [0.29, 0.717) is 31.2 Å². The summed E-state index contributed by atoms with van der Waals surface area (Å²) in [5.41, 5.74) is 3.25. The second kappa shape index (κ2) is 11.8. The van der Waals surface area contributed by atoms with Crippen molar-refractivity contribution in [2.75, 3.05) is 19.6 Å². The number of amides is 1. The van der Waals surface area contributed by atoms with Crippen LogP contribution in [0.5, 0.6) is 5.75 Å². The second-order valence-corrected chi connectivity index (χ2v) is 14.5. The molecule has 3 fully saturated rings. The molecule has 2 aromatic carbocycles. The maximum absolute atomic E-state index is 12.9. The monoisotopic (exact) mass is 586 g/mol. The molecule has 232 valence electrons. The summed E-state index contributed by atoms with van der Waals surface area (Å²) < 4.78 is 14.4. The van der Waals surface area contributed by atoms with Crippen molar-refractivity contribution < 1.29 is 14.3 Å². The van der Waals surface area contributed by atoms with E-state index in [9.17, 15) is 4.79 Å². The maximum Gasteiger partial charge on any atom is 0.410 e. The largest absolute Gasteiger partial charge is 0.491 e. The number of likely N-dealkylation sites (tertiary alicyclic amines) is 1. The quantitative estimate of drug-likeness (QED) is 0.285. The molecule has 0 N–H and O–H groups in total. The normalized spacial score (nSPS) is 24.1. The zero-order valence-electron chi connectivity index (χ0n) is 27.0. The summed E-state index contributed by atoms with van der Waals surface area (Å²) in [4.78, 5) is 22.6. The molecule has 0 saturated carbocycles. The molecular formula is C36H50N4O3. The van der Waals surface area contributed by atoms with Crippen LogP contribution in [0.15, 0.2) is 48.5 Å². The van der Waals surface area contributed by atoms with E-state index in [-0.39, 0.29) is 17.6 Å². The highest BCUT2D eigenvalue weighted by atomic mass is 16.6. The van der Waals surface area contributed by atoms with Crippen LogP contribution in [-0.2, 0) is 10.2 Å².